The number of hydrogen-bond acceptors (Lipinski definition) is 3. The molecular formula is C18H19FN4. The molecule has 0 aliphatic rings. The van der Waals surface area contributed by atoms with Crippen molar-refractivity contribution in [2.45, 2.75) is 25.9 Å². The van der Waals surface area contributed by atoms with E-state index in [1.54, 1.807) is 12.1 Å². The van der Waals surface area contributed by atoms with Gasteiger partial charge in [0, 0.05) is 18.7 Å². The third-order valence-electron chi connectivity index (χ3n) is 3.79. The zero-order valence-electron chi connectivity index (χ0n) is 12.8. The van der Waals surface area contributed by atoms with Gasteiger partial charge in [0.2, 0.25) is 0 Å². The first-order chi connectivity index (χ1) is 11.3. The third-order valence-corrected chi connectivity index (χ3v) is 3.79. The topological polar surface area (TPSA) is 56.7 Å². The Labute approximate surface area is 134 Å². The van der Waals surface area contributed by atoms with E-state index in [9.17, 15) is 4.39 Å². The molecular weight excluding hydrogens is 291 g/mol. The van der Waals surface area contributed by atoms with Gasteiger partial charge in [-0.3, -0.25) is 0 Å². The molecule has 0 bridgehead atoms. The minimum absolute atomic E-state index is 0.258. The minimum atomic E-state index is -0.258. The van der Waals surface area contributed by atoms with Crippen LogP contribution in [0.3, 0.4) is 0 Å². The van der Waals surface area contributed by atoms with Crippen LogP contribution in [0.2, 0.25) is 0 Å². The summed E-state index contributed by atoms with van der Waals surface area (Å²) >= 11 is 0. The number of aryl methyl sites for hydroxylation is 2. The van der Waals surface area contributed by atoms with E-state index >= 15 is 0 Å². The lowest BCUT2D eigenvalue weighted by atomic mass is 10.1. The van der Waals surface area contributed by atoms with Crippen LogP contribution in [0.5, 0.6) is 0 Å². The molecule has 5 heteroatoms. The van der Waals surface area contributed by atoms with E-state index in [1.807, 2.05) is 22.9 Å². The van der Waals surface area contributed by atoms with Gasteiger partial charge in [0.15, 0.2) is 0 Å². The molecule has 3 rings (SSSR count). The number of rotatable bonds is 6. The SMILES string of the molecule is NCc1nnn(CCCc2ccccc2)c1-c1ccc(F)cc1. The van der Waals surface area contributed by atoms with E-state index in [1.165, 1.54) is 17.7 Å². The van der Waals surface area contributed by atoms with Crippen LogP contribution in [-0.2, 0) is 19.5 Å². The Morgan fingerprint density at radius 1 is 1.00 bits per heavy atom. The van der Waals surface area contributed by atoms with Gasteiger partial charge in [0.1, 0.15) is 11.5 Å². The molecule has 0 saturated carbocycles. The maximum Gasteiger partial charge on any atom is 0.123 e. The molecule has 118 valence electrons. The van der Waals surface area contributed by atoms with Gasteiger partial charge in [-0.15, -0.1) is 5.10 Å². The van der Waals surface area contributed by atoms with Gasteiger partial charge in [0.05, 0.1) is 5.69 Å². The zero-order chi connectivity index (χ0) is 16.1. The van der Waals surface area contributed by atoms with Crippen molar-refractivity contribution in [3.63, 3.8) is 0 Å². The molecule has 3 aromatic rings. The van der Waals surface area contributed by atoms with Gasteiger partial charge in [0.25, 0.3) is 0 Å². The molecule has 0 atom stereocenters. The van der Waals surface area contributed by atoms with Crippen LogP contribution in [0.4, 0.5) is 4.39 Å². The molecule has 4 nitrogen and oxygen atoms in total. The summed E-state index contributed by atoms with van der Waals surface area (Å²) in [6.45, 7) is 1.06. The first kappa shape index (κ1) is 15.4. The highest BCUT2D eigenvalue weighted by Gasteiger charge is 2.13. The summed E-state index contributed by atoms with van der Waals surface area (Å²) < 4.78 is 15.0. The number of halogens is 1. The number of benzene rings is 2. The van der Waals surface area contributed by atoms with Crippen LogP contribution in [0.1, 0.15) is 17.7 Å². The second-order valence-electron chi connectivity index (χ2n) is 5.41. The average molecular weight is 310 g/mol. The van der Waals surface area contributed by atoms with Crippen LogP contribution in [-0.4, -0.2) is 15.0 Å². The smallest absolute Gasteiger partial charge is 0.123 e. The fourth-order valence-corrected chi connectivity index (χ4v) is 2.64. The normalized spacial score (nSPS) is 10.9. The molecule has 23 heavy (non-hydrogen) atoms. The summed E-state index contributed by atoms with van der Waals surface area (Å²) in [6.07, 6.45) is 1.92. The summed E-state index contributed by atoms with van der Waals surface area (Å²) in [6, 6.07) is 16.7. The van der Waals surface area contributed by atoms with Crippen molar-refractivity contribution >= 4 is 0 Å². The fraction of sp³-hybridized carbons (Fsp3) is 0.222. The van der Waals surface area contributed by atoms with Crippen molar-refractivity contribution in [3.05, 3.63) is 71.7 Å². The van der Waals surface area contributed by atoms with Crippen molar-refractivity contribution in [2.24, 2.45) is 5.73 Å². The molecule has 0 aliphatic carbocycles. The summed E-state index contributed by atoms with van der Waals surface area (Å²) in [5, 5.41) is 8.36. The van der Waals surface area contributed by atoms with Crippen LogP contribution in [0, 0.1) is 5.82 Å². The first-order valence-corrected chi connectivity index (χ1v) is 7.70. The Morgan fingerprint density at radius 3 is 2.43 bits per heavy atom. The second kappa shape index (κ2) is 7.15. The standard InChI is InChI=1S/C18H19FN4/c19-16-10-8-15(9-11-16)18-17(13-20)21-22-23(18)12-4-7-14-5-2-1-3-6-14/h1-3,5-6,8-11H,4,7,12-13,20H2. The highest BCUT2D eigenvalue weighted by molar-refractivity contribution is 5.61. The molecule has 2 N–H and O–H groups in total. The van der Waals surface area contributed by atoms with Crippen molar-refractivity contribution in [2.75, 3.05) is 0 Å². The predicted molar refractivity (Wildman–Crippen MR) is 88.1 cm³/mol. The Morgan fingerprint density at radius 2 is 1.74 bits per heavy atom. The van der Waals surface area contributed by atoms with E-state index in [-0.39, 0.29) is 5.82 Å². The Balaban J connectivity index is 1.77. The van der Waals surface area contributed by atoms with Gasteiger partial charge in [-0.2, -0.15) is 0 Å². The summed E-state index contributed by atoms with van der Waals surface area (Å²) in [7, 11) is 0. The molecule has 0 aliphatic heterocycles. The fourth-order valence-electron chi connectivity index (χ4n) is 2.64. The summed E-state index contributed by atoms with van der Waals surface area (Å²) in [5.41, 5.74) is 9.56. The zero-order valence-corrected chi connectivity index (χ0v) is 12.8. The minimum Gasteiger partial charge on any atom is -0.325 e. The monoisotopic (exact) mass is 310 g/mol. The van der Waals surface area contributed by atoms with E-state index in [0.717, 1.165) is 36.3 Å². The Bertz CT molecular complexity index is 750. The van der Waals surface area contributed by atoms with Gasteiger partial charge < -0.3 is 5.73 Å². The largest absolute Gasteiger partial charge is 0.325 e. The van der Waals surface area contributed by atoms with Crippen molar-refractivity contribution < 1.29 is 4.39 Å². The maximum atomic E-state index is 13.1. The van der Waals surface area contributed by atoms with E-state index in [2.05, 4.69) is 22.4 Å². The lowest BCUT2D eigenvalue weighted by molar-refractivity contribution is 0.563. The molecule has 0 saturated heterocycles. The van der Waals surface area contributed by atoms with Crippen LogP contribution >= 0.6 is 0 Å². The molecule has 0 radical (unpaired) electrons. The van der Waals surface area contributed by atoms with E-state index < -0.39 is 0 Å². The summed E-state index contributed by atoms with van der Waals surface area (Å²) in [4.78, 5) is 0. The Kier molecular flexibility index (Phi) is 4.78. The van der Waals surface area contributed by atoms with Crippen LogP contribution < -0.4 is 5.73 Å². The lowest BCUT2D eigenvalue weighted by Crippen LogP contribution is -2.05. The molecule has 0 amide bonds. The quantitative estimate of drug-likeness (QED) is 0.761. The molecule has 0 unspecified atom stereocenters. The van der Waals surface area contributed by atoms with Crippen molar-refractivity contribution in [3.8, 4) is 11.3 Å². The average Bonchev–Trinajstić information content (AvgIpc) is 2.99. The number of nitrogens with zero attached hydrogens (tertiary/aromatic N) is 3. The number of hydrogen-bond donors (Lipinski definition) is 1. The maximum absolute atomic E-state index is 13.1. The van der Waals surface area contributed by atoms with Gasteiger partial charge in [-0.1, -0.05) is 35.5 Å². The highest BCUT2D eigenvalue weighted by atomic mass is 19.1. The number of aromatic nitrogens is 3. The molecule has 0 spiro atoms. The molecule has 0 fully saturated rings. The van der Waals surface area contributed by atoms with Gasteiger partial charge in [-0.25, -0.2) is 9.07 Å². The highest BCUT2D eigenvalue weighted by Crippen LogP contribution is 2.23. The van der Waals surface area contributed by atoms with Crippen molar-refractivity contribution in [1.29, 1.82) is 0 Å². The lowest BCUT2D eigenvalue weighted by Gasteiger charge is -2.08. The molecule has 1 heterocycles. The molecule has 2 aromatic carbocycles. The molecule has 1 aromatic heterocycles. The van der Waals surface area contributed by atoms with E-state index in [4.69, 9.17) is 5.73 Å². The number of nitrogens with two attached hydrogens (primary N) is 1. The first-order valence-electron chi connectivity index (χ1n) is 7.70. The van der Waals surface area contributed by atoms with Gasteiger partial charge in [-0.05, 0) is 42.7 Å². The second-order valence-corrected chi connectivity index (χ2v) is 5.41. The van der Waals surface area contributed by atoms with Crippen LogP contribution in [0.25, 0.3) is 11.3 Å². The van der Waals surface area contributed by atoms with Gasteiger partial charge >= 0.3 is 0 Å². The predicted octanol–water partition coefficient (Wildman–Crippen LogP) is 3.18. The third kappa shape index (κ3) is 3.63. The van der Waals surface area contributed by atoms with Crippen molar-refractivity contribution in [1.82, 2.24) is 15.0 Å². The van der Waals surface area contributed by atoms with E-state index in [0.29, 0.717) is 6.54 Å². The Hall–Kier alpha value is -2.53. The van der Waals surface area contributed by atoms with Crippen LogP contribution in [0.15, 0.2) is 54.6 Å². The summed E-state index contributed by atoms with van der Waals surface area (Å²) in [5.74, 6) is -0.258.